The number of nitriles is 1. The van der Waals surface area contributed by atoms with Crippen LogP contribution in [0, 0.1) is 11.3 Å². The molecule has 0 saturated heterocycles. The average molecular weight is 298 g/mol. The van der Waals surface area contributed by atoms with E-state index in [4.69, 9.17) is 10.5 Å². The van der Waals surface area contributed by atoms with Gasteiger partial charge in [-0.1, -0.05) is 6.92 Å². The van der Waals surface area contributed by atoms with Crippen molar-refractivity contribution < 1.29 is 9.53 Å². The number of ether oxygens (including phenoxy) is 1. The molecule has 1 aromatic heterocycles. The Labute approximate surface area is 128 Å². The van der Waals surface area contributed by atoms with E-state index in [0.717, 1.165) is 19.4 Å². The number of Topliss-reactive ketones (excluding diaryl/α,β-unsaturated/α-hetero) is 1. The molecule has 0 amide bonds. The zero-order valence-electron chi connectivity index (χ0n) is 12.5. The molecule has 0 radical (unpaired) electrons. The predicted octanol–water partition coefficient (Wildman–Crippen LogP) is 2.11. The maximum absolute atomic E-state index is 12.4. The molecule has 114 valence electrons. The smallest absolute Gasteiger partial charge is 0.205 e. The summed E-state index contributed by atoms with van der Waals surface area (Å²) in [6.45, 7) is 2.86. The first-order valence-corrected chi connectivity index (χ1v) is 7.52. The SMILES string of the molecule is CCCn1ccc([C@@H]2C(C#N)=C(N)OC3=C2C(=O)CCC3)n1. The number of nitrogens with zero attached hydrogens (tertiary/aromatic N) is 3. The molecule has 2 aliphatic rings. The van der Waals surface area contributed by atoms with E-state index in [1.165, 1.54) is 0 Å². The summed E-state index contributed by atoms with van der Waals surface area (Å²) in [5.74, 6) is 0.213. The van der Waals surface area contributed by atoms with Gasteiger partial charge in [-0.2, -0.15) is 10.4 Å². The lowest BCUT2D eigenvalue weighted by Crippen LogP contribution is -2.27. The number of ketones is 1. The lowest BCUT2D eigenvalue weighted by molar-refractivity contribution is -0.116. The standard InChI is InChI=1S/C16H18N4O2/c1-2-7-20-8-6-11(19-20)14-10(9-17)16(18)22-13-5-3-4-12(21)15(13)14/h6,8,14H,2-5,7,18H2,1H3/t14-/m0/s1. The lowest BCUT2D eigenvalue weighted by Gasteiger charge is -2.29. The number of carbonyl (C=O) groups is 1. The van der Waals surface area contributed by atoms with Crippen molar-refractivity contribution in [1.82, 2.24) is 9.78 Å². The number of aromatic nitrogens is 2. The van der Waals surface area contributed by atoms with Crippen molar-refractivity contribution in [3.63, 3.8) is 0 Å². The summed E-state index contributed by atoms with van der Waals surface area (Å²) in [5.41, 5.74) is 7.40. The third-order valence-electron chi connectivity index (χ3n) is 4.01. The van der Waals surface area contributed by atoms with E-state index in [-0.39, 0.29) is 17.2 Å². The molecule has 0 saturated carbocycles. The highest BCUT2D eigenvalue weighted by Crippen LogP contribution is 2.42. The van der Waals surface area contributed by atoms with Crippen LogP contribution in [-0.4, -0.2) is 15.6 Å². The molecule has 2 heterocycles. The minimum absolute atomic E-state index is 0.0246. The number of hydrogen-bond donors (Lipinski definition) is 1. The highest BCUT2D eigenvalue weighted by atomic mass is 16.5. The van der Waals surface area contributed by atoms with Crippen molar-refractivity contribution in [3.05, 3.63) is 40.7 Å². The molecule has 0 unspecified atom stereocenters. The Balaban J connectivity index is 2.09. The van der Waals surface area contributed by atoms with E-state index in [2.05, 4.69) is 18.1 Å². The molecule has 6 nitrogen and oxygen atoms in total. The van der Waals surface area contributed by atoms with E-state index in [0.29, 0.717) is 29.9 Å². The first-order chi connectivity index (χ1) is 10.7. The number of allylic oxidation sites excluding steroid dienone is 3. The van der Waals surface area contributed by atoms with E-state index < -0.39 is 5.92 Å². The van der Waals surface area contributed by atoms with Crippen LogP contribution in [0.4, 0.5) is 0 Å². The van der Waals surface area contributed by atoms with Crippen LogP contribution >= 0.6 is 0 Å². The molecule has 1 atom stereocenters. The van der Waals surface area contributed by atoms with Crippen LogP contribution < -0.4 is 5.73 Å². The Kier molecular flexibility index (Phi) is 3.72. The summed E-state index contributed by atoms with van der Waals surface area (Å²) in [7, 11) is 0. The maximum Gasteiger partial charge on any atom is 0.205 e. The van der Waals surface area contributed by atoms with Gasteiger partial charge in [-0.05, 0) is 18.9 Å². The number of rotatable bonds is 3. The summed E-state index contributed by atoms with van der Waals surface area (Å²) < 4.78 is 7.35. The Morgan fingerprint density at radius 1 is 1.55 bits per heavy atom. The van der Waals surface area contributed by atoms with Gasteiger partial charge in [0.05, 0.1) is 11.6 Å². The molecule has 0 spiro atoms. The summed E-state index contributed by atoms with van der Waals surface area (Å²) in [6.07, 6.45) is 4.74. The summed E-state index contributed by atoms with van der Waals surface area (Å²) in [6, 6.07) is 3.94. The molecule has 22 heavy (non-hydrogen) atoms. The molecular formula is C16H18N4O2. The summed E-state index contributed by atoms with van der Waals surface area (Å²) in [5, 5.41) is 14.0. The lowest BCUT2D eigenvalue weighted by atomic mass is 9.80. The van der Waals surface area contributed by atoms with Crippen LogP contribution in [0.3, 0.4) is 0 Å². The third kappa shape index (κ3) is 2.29. The van der Waals surface area contributed by atoms with E-state index in [9.17, 15) is 10.1 Å². The molecule has 1 aliphatic heterocycles. The zero-order chi connectivity index (χ0) is 15.7. The van der Waals surface area contributed by atoms with Gasteiger partial charge in [0, 0.05) is 31.2 Å². The third-order valence-corrected chi connectivity index (χ3v) is 4.01. The van der Waals surface area contributed by atoms with Crippen LogP contribution in [0.1, 0.15) is 44.2 Å². The molecule has 1 aromatic rings. The Morgan fingerprint density at radius 3 is 3.09 bits per heavy atom. The second kappa shape index (κ2) is 5.68. The van der Waals surface area contributed by atoms with Crippen molar-refractivity contribution >= 4 is 5.78 Å². The fraction of sp³-hybridized carbons (Fsp3) is 0.438. The van der Waals surface area contributed by atoms with Gasteiger partial charge in [0.15, 0.2) is 5.78 Å². The molecule has 3 rings (SSSR count). The average Bonchev–Trinajstić information content (AvgIpc) is 2.95. The van der Waals surface area contributed by atoms with Crippen molar-refractivity contribution in [2.75, 3.05) is 0 Å². The van der Waals surface area contributed by atoms with Gasteiger partial charge in [-0.25, -0.2) is 0 Å². The molecule has 2 N–H and O–H groups in total. The van der Waals surface area contributed by atoms with E-state index in [1.54, 1.807) is 0 Å². The largest absolute Gasteiger partial charge is 0.444 e. The van der Waals surface area contributed by atoms with Gasteiger partial charge < -0.3 is 10.5 Å². The summed E-state index contributed by atoms with van der Waals surface area (Å²) in [4.78, 5) is 12.4. The highest BCUT2D eigenvalue weighted by molar-refractivity contribution is 5.99. The number of nitrogens with two attached hydrogens (primary N) is 1. The fourth-order valence-corrected chi connectivity index (χ4v) is 3.04. The van der Waals surface area contributed by atoms with Crippen LogP contribution in [0.5, 0.6) is 0 Å². The van der Waals surface area contributed by atoms with Gasteiger partial charge >= 0.3 is 0 Å². The predicted molar refractivity (Wildman–Crippen MR) is 79.1 cm³/mol. The molecule has 1 aliphatic carbocycles. The zero-order valence-corrected chi connectivity index (χ0v) is 12.5. The molecular weight excluding hydrogens is 280 g/mol. The minimum Gasteiger partial charge on any atom is -0.444 e. The van der Waals surface area contributed by atoms with Crippen LogP contribution in [0.25, 0.3) is 0 Å². The second-order valence-electron chi connectivity index (χ2n) is 5.54. The van der Waals surface area contributed by atoms with Crippen molar-refractivity contribution in [2.24, 2.45) is 5.73 Å². The molecule has 0 aromatic carbocycles. The fourth-order valence-electron chi connectivity index (χ4n) is 3.04. The minimum atomic E-state index is -0.500. The number of aryl methyl sites for hydroxylation is 1. The van der Waals surface area contributed by atoms with Crippen molar-refractivity contribution in [3.8, 4) is 6.07 Å². The Morgan fingerprint density at radius 2 is 2.36 bits per heavy atom. The van der Waals surface area contributed by atoms with Crippen LogP contribution in [0.2, 0.25) is 0 Å². The van der Waals surface area contributed by atoms with Crippen LogP contribution in [0.15, 0.2) is 35.1 Å². The first-order valence-electron chi connectivity index (χ1n) is 7.52. The highest BCUT2D eigenvalue weighted by Gasteiger charge is 2.39. The summed E-state index contributed by atoms with van der Waals surface area (Å²) >= 11 is 0. The van der Waals surface area contributed by atoms with Crippen LogP contribution in [-0.2, 0) is 16.1 Å². The van der Waals surface area contributed by atoms with E-state index >= 15 is 0 Å². The van der Waals surface area contributed by atoms with Gasteiger partial charge in [0.1, 0.15) is 17.4 Å². The molecule has 6 heteroatoms. The Bertz CT molecular complexity index is 721. The number of carbonyl (C=O) groups excluding carboxylic acids is 1. The van der Waals surface area contributed by atoms with Gasteiger partial charge in [-0.15, -0.1) is 0 Å². The number of hydrogen-bond acceptors (Lipinski definition) is 5. The topological polar surface area (TPSA) is 93.9 Å². The van der Waals surface area contributed by atoms with Gasteiger partial charge in [0.25, 0.3) is 0 Å². The van der Waals surface area contributed by atoms with Crippen molar-refractivity contribution in [1.29, 1.82) is 5.26 Å². The van der Waals surface area contributed by atoms with Gasteiger partial charge in [0.2, 0.25) is 5.88 Å². The quantitative estimate of drug-likeness (QED) is 0.922. The van der Waals surface area contributed by atoms with Crippen molar-refractivity contribution in [2.45, 2.75) is 45.1 Å². The normalized spacial score (nSPS) is 21.5. The first kappa shape index (κ1) is 14.4. The van der Waals surface area contributed by atoms with E-state index in [1.807, 2.05) is 16.9 Å². The Hall–Kier alpha value is -2.55. The maximum atomic E-state index is 12.4. The molecule has 0 bridgehead atoms. The van der Waals surface area contributed by atoms with Gasteiger partial charge in [-0.3, -0.25) is 9.48 Å². The monoisotopic (exact) mass is 298 g/mol. The molecule has 0 fully saturated rings. The second-order valence-corrected chi connectivity index (χ2v) is 5.54.